The first-order valence-electron chi connectivity index (χ1n) is 29.8. The molecule has 0 aliphatic heterocycles. The van der Waals surface area contributed by atoms with Crippen molar-refractivity contribution in [2.24, 2.45) is 0 Å². The van der Waals surface area contributed by atoms with Crippen LogP contribution in [0.25, 0.3) is 0 Å². The van der Waals surface area contributed by atoms with Crippen molar-refractivity contribution in [2.75, 3.05) is 13.2 Å². The van der Waals surface area contributed by atoms with Gasteiger partial charge in [0.1, 0.15) is 13.2 Å². The SMILES string of the molecule is CCCCC/C=C\C/C=C\CCCCCCCC(=O)OC[C@@H](COC(=O)CCCCCCCCCCCCCCCCCCC)OC(=O)CCCCCCCCCCCCCCCCCCC. The Morgan fingerprint density at radius 1 is 0.299 bits per heavy atom. The maximum absolute atomic E-state index is 12.9. The Hall–Kier alpha value is -2.11. The molecule has 0 amide bonds. The molecule has 67 heavy (non-hydrogen) atoms. The van der Waals surface area contributed by atoms with Crippen molar-refractivity contribution in [3.8, 4) is 0 Å². The molecule has 0 aliphatic rings. The largest absolute Gasteiger partial charge is 0.462 e. The highest BCUT2D eigenvalue weighted by Crippen LogP contribution is 2.17. The number of allylic oxidation sites excluding steroid dienone is 4. The second kappa shape index (κ2) is 56.5. The molecule has 1 atom stereocenters. The summed E-state index contributed by atoms with van der Waals surface area (Å²) < 4.78 is 16.9. The highest BCUT2D eigenvalue weighted by Gasteiger charge is 2.19. The quantitative estimate of drug-likeness (QED) is 0.0262. The normalized spacial score (nSPS) is 12.1. The third kappa shape index (κ3) is 54.7. The van der Waals surface area contributed by atoms with Crippen molar-refractivity contribution in [1.82, 2.24) is 0 Å². The molecule has 0 heterocycles. The van der Waals surface area contributed by atoms with E-state index in [9.17, 15) is 14.4 Å². The number of esters is 3. The summed E-state index contributed by atoms with van der Waals surface area (Å²) in [5.41, 5.74) is 0. The zero-order chi connectivity index (χ0) is 48.6. The Bertz CT molecular complexity index is 1080. The molecule has 0 radical (unpaired) electrons. The van der Waals surface area contributed by atoms with E-state index >= 15 is 0 Å². The van der Waals surface area contributed by atoms with Gasteiger partial charge < -0.3 is 14.2 Å². The minimum atomic E-state index is -0.772. The number of hydrogen-bond acceptors (Lipinski definition) is 6. The lowest BCUT2D eigenvalue weighted by Crippen LogP contribution is -2.30. The molecule has 0 N–H and O–H groups in total. The van der Waals surface area contributed by atoms with Gasteiger partial charge in [-0.15, -0.1) is 0 Å². The van der Waals surface area contributed by atoms with Gasteiger partial charge in [0.2, 0.25) is 0 Å². The molecule has 0 aromatic rings. The van der Waals surface area contributed by atoms with E-state index < -0.39 is 6.10 Å². The van der Waals surface area contributed by atoms with Crippen LogP contribution >= 0.6 is 0 Å². The molecule has 0 aliphatic carbocycles. The van der Waals surface area contributed by atoms with Gasteiger partial charge in [0.15, 0.2) is 6.10 Å². The lowest BCUT2D eigenvalue weighted by Gasteiger charge is -2.18. The van der Waals surface area contributed by atoms with Crippen LogP contribution in [0.2, 0.25) is 0 Å². The number of unbranched alkanes of at least 4 members (excludes halogenated alkanes) is 40. The van der Waals surface area contributed by atoms with Crippen molar-refractivity contribution >= 4 is 17.9 Å². The summed E-state index contributed by atoms with van der Waals surface area (Å²) in [6.45, 7) is 6.66. The van der Waals surface area contributed by atoms with E-state index in [4.69, 9.17) is 14.2 Å². The lowest BCUT2D eigenvalue weighted by molar-refractivity contribution is -0.167. The molecule has 0 aromatic heterocycles. The molecular weight excluding hydrogens is 829 g/mol. The van der Waals surface area contributed by atoms with Crippen LogP contribution in [-0.4, -0.2) is 37.2 Å². The van der Waals surface area contributed by atoms with Crippen LogP contribution in [0, 0.1) is 0 Å². The standard InChI is InChI=1S/C61H114O6/c1-4-7-10-13-16-19-22-25-28-30-33-36-39-42-45-48-51-54-60(63)66-57-58(56-65-59(62)53-50-47-44-41-38-35-32-27-24-21-18-15-12-9-6-3)67-61(64)55-52-49-46-43-40-37-34-31-29-26-23-20-17-14-11-8-5-2/h18,21,27,32,58H,4-17,19-20,22-26,28-31,33-57H2,1-3H3/b21-18-,32-27-/t58-/m0/s1. The van der Waals surface area contributed by atoms with Crippen LogP contribution in [0.15, 0.2) is 24.3 Å². The molecule has 0 aromatic carbocycles. The van der Waals surface area contributed by atoms with Crippen molar-refractivity contribution in [3.63, 3.8) is 0 Å². The minimum absolute atomic E-state index is 0.0699. The second-order valence-electron chi connectivity index (χ2n) is 20.3. The molecule has 0 spiro atoms. The van der Waals surface area contributed by atoms with Gasteiger partial charge in [-0.2, -0.15) is 0 Å². The van der Waals surface area contributed by atoms with E-state index in [2.05, 4.69) is 45.1 Å². The molecular formula is C61H114O6. The van der Waals surface area contributed by atoms with Crippen molar-refractivity contribution in [3.05, 3.63) is 24.3 Å². The summed E-state index contributed by atoms with van der Waals surface area (Å²) in [5.74, 6) is -0.860. The van der Waals surface area contributed by atoms with Crippen molar-refractivity contribution in [2.45, 2.75) is 335 Å². The van der Waals surface area contributed by atoms with Crippen LogP contribution < -0.4 is 0 Å². The molecule has 0 fully saturated rings. The summed E-state index contributed by atoms with van der Waals surface area (Å²) in [4.78, 5) is 38.2. The number of carbonyl (C=O) groups is 3. The first-order valence-corrected chi connectivity index (χ1v) is 29.8. The molecule has 0 bridgehead atoms. The number of carbonyl (C=O) groups excluding carboxylic acids is 3. The predicted molar refractivity (Wildman–Crippen MR) is 289 cm³/mol. The monoisotopic (exact) mass is 943 g/mol. The highest BCUT2D eigenvalue weighted by atomic mass is 16.6. The van der Waals surface area contributed by atoms with Gasteiger partial charge in [-0.05, 0) is 51.4 Å². The van der Waals surface area contributed by atoms with Gasteiger partial charge in [-0.25, -0.2) is 0 Å². The number of rotatable bonds is 55. The fourth-order valence-corrected chi connectivity index (χ4v) is 8.95. The van der Waals surface area contributed by atoms with E-state index in [-0.39, 0.29) is 31.1 Å². The van der Waals surface area contributed by atoms with Gasteiger partial charge in [0.25, 0.3) is 0 Å². The van der Waals surface area contributed by atoms with Gasteiger partial charge in [-0.1, -0.05) is 283 Å². The molecule has 0 rings (SSSR count). The van der Waals surface area contributed by atoms with Crippen molar-refractivity contribution in [1.29, 1.82) is 0 Å². The Morgan fingerprint density at radius 3 is 0.851 bits per heavy atom. The maximum Gasteiger partial charge on any atom is 0.306 e. The number of ether oxygens (including phenoxy) is 3. The minimum Gasteiger partial charge on any atom is -0.462 e. The summed E-state index contributed by atoms with van der Waals surface area (Å²) >= 11 is 0. The fraction of sp³-hybridized carbons (Fsp3) is 0.885. The van der Waals surface area contributed by atoms with Crippen LogP contribution in [0.4, 0.5) is 0 Å². The summed E-state index contributed by atoms with van der Waals surface area (Å²) in [6.07, 6.45) is 65.9. The average molecular weight is 944 g/mol. The molecule has 6 heteroatoms. The van der Waals surface area contributed by atoms with E-state index in [0.29, 0.717) is 19.3 Å². The third-order valence-corrected chi connectivity index (χ3v) is 13.5. The first-order chi connectivity index (χ1) is 33.0. The average Bonchev–Trinajstić information content (AvgIpc) is 3.33. The zero-order valence-electron chi connectivity index (χ0n) is 45.2. The Kier molecular flexibility index (Phi) is 54.7. The molecule has 0 unspecified atom stereocenters. The smallest absolute Gasteiger partial charge is 0.306 e. The maximum atomic E-state index is 12.9. The lowest BCUT2D eigenvalue weighted by atomic mass is 10.0. The molecule has 6 nitrogen and oxygen atoms in total. The van der Waals surface area contributed by atoms with Gasteiger partial charge >= 0.3 is 17.9 Å². The van der Waals surface area contributed by atoms with Crippen LogP contribution in [0.5, 0.6) is 0 Å². The van der Waals surface area contributed by atoms with E-state index in [1.165, 1.54) is 212 Å². The Morgan fingerprint density at radius 2 is 0.537 bits per heavy atom. The fourth-order valence-electron chi connectivity index (χ4n) is 8.95. The first kappa shape index (κ1) is 64.9. The topological polar surface area (TPSA) is 78.9 Å². The zero-order valence-corrected chi connectivity index (χ0v) is 45.2. The van der Waals surface area contributed by atoms with E-state index in [1.807, 2.05) is 0 Å². The molecule has 394 valence electrons. The Balaban J connectivity index is 4.33. The summed E-state index contributed by atoms with van der Waals surface area (Å²) in [7, 11) is 0. The van der Waals surface area contributed by atoms with E-state index in [0.717, 1.165) is 77.0 Å². The van der Waals surface area contributed by atoms with Crippen LogP contribution in [0.3, 0.4) is 0 Å². The van der Waals surface area contributed by atoms with Gasteiger partial charge in [-0.3, -0.25) is 14.4 Å². The van der Waals surface area contributed by atoms with E-state index in [1.54, 1.807) is 0 Å². The molecule has 0 saturated heterocycles. The summed E-state index contributed by atoms with van der Waals surface area (Å²) in [5, 5.41) is 0. The number of hydrogen-bond donors (Lipinski definition) is 0. The third-order valence-electron chi connectivity index (χ3n) is 13.5. The van der Waals surface area contributed by atoms with Crippen molar-refractivity contribution < 1.29 is 28.6 Å². The molecule has 0 saturated carbocycles. The van der Waals surface area contributed by atoms with Crippen LogP contribution in [0.1, 0.15) is 329 Å². The van der Waals surface area contributed by atoms with Crippen LogP contribution in [-0.2, 0) is 28.6 Å². The highest BCUT2D eigenvalue weighted by molar-refractivity contribution is 5.71. The van der Waals surface area contributed by atoms with Gasteiger partial charge in [0.05, 0.1) is 0 Å². The predicted octanol–water partition coefficient (Wildman–Crippen LogP) is 19.9. The Labute approximate surface area is 417 Å². The van der Waals surface area contributed by atoms with Gasteiger partial charge in [0, 0.05) is 19.3 Å². The summed E-state index contributed by atoms with van der Waals surface area (Å²) in [6, 6.07) is 0. The second-order valence-corrected chi connectivity index (χ2v) is 20.3.